The van der Waals surface area contributed by atoms with E-state index in [-0.39, 0.29) is 0 Å². The third-order valence-corrected chi connectivity index (χ3v) is 2.25. The zero-order chi connectivity index (χ0) is 6.69. The highest BCUT2D eigenvalue weighted by Crippen LogP contribution is 2.28. The molecule has 1 aliphatic heterocycles. The van der Waals surface area contributed by atoms with Crippen molar-refractivity contribution in [2.45, 2.75) is 32.0 Å². The van der Waals surface area contributed by atoms with Crippen molar-refractivity contribution in [1.29, 1.82) is 0 Å². The van der Waals surface area contributed by atoms with Crippen molar-refractivity contribution in [3.63, 3.8) is 0 Å². The maximum atomic E-state index is 5.38. The average Bonchev–Trinajstić information content (AvgIpc) is 2.50. The average molecular weight is 146 g/mol. The molecule has 0 bridgehead atoms. The Hall–Kier alpha value is 0.310. The molecule has 1 rings (SSSR count). The van der Waals surface area contributed by atoms with Gasteiger partial charge in [-0.25, -0.2) is 0 Å². The highest BCUT2D eigenvalue weighted by Gasteiger charge is 2.36. The first-order chi connectivity index (χ1) is 4.38. The van der Waals surface area contributed by atoms with E-state index in [0.717, 1.165) is 0 Å². The summed E-state index contributed by atoms with van der Waals surface area (Å²) in [5.74, 6) is 1.19. The fraction of sp³-hybridized carbons (Fsp3) is 1.00. The van der Waals surface area contributed by atoms with Crippen LogP contribution in [0.4, 0.5) is 0 Å². The largest absolute Gasteiger partial charge is 0.369 e. The molecule has 0 spiro atoms. The van der Waals surface area contributed by atoms with E-state index in [1.54, 1.807) is 0 Å². The molecule has 0 aromatic heterocycles. The van der Waals surface area contributed by atoms with Gasteiger partial charge in [-0.15, -0.1) is 0 Å². The smallest absolute Gasteiger partial charge is 0.0931 e. The number of hydrogen-bond donors (Lipinski definition) is 0. The molecule has 54 valence electrons. The molecule has 2 heteroatoms. The van der Waals surface area contributed by atoms with Crippen LogP contribution < -0.4 is 0 Å². The lowest BCUT2D eigenvalue weighted by molar-refractivity contribution is 0.371. The molecule has 0 aromatic carbocycles. The molecule has 1 fully saturated rings. The van der Waals surface area contributed by atoms with Crippen LogP contribution >= 0.6 is 11.8 Å². The van der Waals surface area contributed by atoms with Crippen molar-refractivity contribution in [2.24, 2.45) is 0 Å². The number of hydrogen-bond acceptors (Lipinski definition) is 2. The van der Waals surface area contributed by atoms with Crippen LogP contribution in [-0.2, 0) is 4.74 Å². The molecule has 2 atom stereocenters. The van der Waals surface area contributed by atoms with Gasteiger partial charge in [0.15, 0.2) is 0 Å². The molecule has 0 saturated carbocycles. The van der Waals surface area contributed by atoms with Crippen LogP contribution in [0.3, 0.4) is 0 Å². The maximum Gasteiger partial charge on any atom is 0.0931 e. The molecule has 0 aliphatic carbocycles. The van der Waals surface area contributed by atoms with E-state index in [0.29, 0.717) is 12.2 Å². The second-order valence-electron chi connectivity index (χ2n) is 2.46. The Bertz CT molecular complexity index is 75.0. The van der Waals surface area contributed by atoms with Gasteiger partial charge in [0.1, 0.15) is 0 Å². The van der Waals surface area contributed by atoms with Crippen LogP contribution in [0.25, 0.3) is 0 Å². The molecule has 1 heterocycles. The van der Waals surface area contributed by atoms with Gasteiger partial charge in [0, 0.05) is 5.75 Å². The molecule has 1 aliphatic rings. The highest BCUT2D eigenvalue weighted by molar-refractivity contribution is 7.98. The molecule has 1 saturated heterocycles. The second-order valence-corrected chi connectivity index (χ2v) is 3.37. The molecular weight excluding hydrogens is 132 g/mol. The second kappa shape index (κ2) is 3.47. The van der Waals surface area contributed by atoms with Gasteiger partial charge in [-0.05, 0) is 12.7 Å². The summed E-state index contributed by atoms with van der Waals surface area (Å²) in [7, 11) is 0. The van der Waals surface area contributed by atoms with E-state index in [9.17, 15) is 0 Å². The Balaban J connectivity index is 1.96. The molecule has 9 heavy (non-hydrogen) atoms. The van der Waals surface area contributed by atoms with E-state index < -0.39 is 0 Å². The minimum absolute atomic E-state index is 0.597. The van der Waals surface area contributed by atoms with E-state index in [1.807, 2.05) is 11.8 Å². The monoisotopic (exact) mass is 146 g/mol. The fourth-order valence-electron chi connectivity index (χ4n) is 1.03. The molecule has 0 unspecified atom stereocenters. The summed E-state index contributed by atoms with van der Waals surface area (Å²) in [5, 5.41) is 0. The summed E-state index contributed by atoms with van der Waals surface area (Å²) < 4.78 is 5.38. The predicted octanol–water partition coefficient (Wildman–Crippen LogP) is 1.92. The fourth-order valence-corrected chi connectivity index (χ4v) is 1.65. The maximum absolute atomic E-state index is 5.38. The van der Waals surface area contributed by atoms with Gasteiger partial charge in [-0.1, -0.05) is 13.3 Å². The number of rotatable bonds is 4. The van der Waals surface area contributed by atoms with Crippen molar-refractivity contribution in [3.05, 3.63) is 0 Å². The standard InChI is InChI=1S/C7H14OS/c1-3-4-6-7(8-6)5-9-2/h6-7H,3-5H2,1-2H3/t6-,7+/m1/s1. The minimum atomic E-state index is 0.597. The van der Waals surface area contributed by atoms with Crippen LogP contribution in [0, 0.1) is 0 Å². The number of epoxide rings is 1. The Kier molecular flexibility index (Phi) is 2.86. The Morgan fingerprint density at radius 3 is 2.78 bits per heavy atom. The minimum Gasteiger partial charge on any atom is -0.369 e. The Morgan fingerprint density at radius 1 is 1.44 bits per heavy atom. The zero-order valence-electron chi connectivity index (χ0n) is 6.09. The van der Waals surface area contributed by atoms with Crippen molar-refractivity contribution >= 4 is 11.8 Å². The normalized spacial score (nSPS) is 32.7. The third-order valence-electron chi connectivity index (χ3n) is 1.59. The van der Waals surface area contributed by atoms with E-state index in [2.05, 4.69) is 13.2 Å². The Labute approximate surface area is 61.2 Å². The van der Waals surface area contributed by atoms with Crippen LogP contribution in [0.5, 0.6) is 0 Å². The lowest BCUT2D eigenvalue weighted by Gasteiger charge is -1.87. The lowest BCUT2D eigenvalue weighted by atomic mass is 10.2. The van der Waals surface area contributed by atoms with Crippen molar-refractivity contribution < 1.29 is 4.74 Å². The predicted molar refractivity (Wildman–Crippen MR) is 42.0 cm³/mol. The lowest BCUT2D eigenvalue weighted by Crippen LogP contribution is -1.95. The number of ether oxygens (including phenoxy) is 1. The van der Waals surface area contributed by atoms with Crippen LogP contribution in [-0.4, -0.2) is 24.2 Å². The van der Waals surface area contributed by atoms with Crippen LogP contribution in [0.15, 0.2) is 0 Å². The zero-order valence-corrected chi connectivity index (χ0v) is 6.91. The van der Waals surface area contributed by atoms with Gasteiger partial charge in [-0.2, -0.15) is 11.8 Å². The van der Waals surface area contributed by atoms with E-state index >= 15 is 0 Å². The van der Waals surface area contributed by atoms with Gasteiger partial charge in [0.05, 0.1) is 12.2 Å². The summed E-state index contributed by atoms with van der Waals surface area (Å²) >= 11 is 1.88. The molecule has 0 N–H and O–H groups in total. The summed E-state index contributed by atoms with van der Waals surface area (Å²) in [4.78, 5) is 0. The molecule has 0 aromatic rings. The third kappa shape index (κ3) is 2.18. The van der Waals surface area contributed by atoms with E-state index in [1.165, 1.54) is 18.6 Å². The summed E-state index contributed by atoms with van der Waals surface area (Å²) in [6.07, 6.45) is 5.85. The SMILES string of the molecule is CCC[C@H]1O[C@H]1CSC. The molecule has 1 nitrogen and oxygen atoms in total. The number of thioether (sulfide) groups is 1. The summed E-state index contributed by atoms with van der Waals surface area (Å²) in [5.41, 5.74) is 0. The molecule has 0 amide bonds. The van der Waals surface area contributed by atoms with Gasteiger partial charge in [0.2, 0.25) is 0 Å². The van der Waals surface area contributed by atoms with Crippen molar-refractivity contribution in [1.82, 2.24) is 0 Å². The Morgan fingerprint density at radius 2 is 2.22 bits per heavy atom. The van der Waals surface area contributed by atoms with Crippen molar-refractivity contribution in [3.8, 4) is 0 Å². The first-order valence-electron chi connectivity index (χ1n) is 3.53. The van der Waals surface area contributed by atoms with Crippen LogP contribution in [0.1, 0.15) is 19.8 Å². The first-order valence-corrected chi connectivity index (χ1v) is 4.92. The van der Waals surface area contributed by atoms with Gasteiger partial charge in [0.25, 0.3) is 0 Å². The summed E-state index contributed by atoms with van der Waals surface area (Å²) in [6, 6.07) is 0. The quantitative estimate of drug-likeness (QED) is 0.562. The topological polar surface area (TPSA) is 12.5 Å². The van der Waals surface area contributed by atoms with Crippen LogP contribution in [0.2, 0.25) is 0 Å². The molecule has 0 radical (unpaired) electrons. The van der Waals surface area contributed by atoms with E-state index in [4.69, 9.17) is 4.74 Å². The highest BCUT2D eigenvalue weighted by atomic mass is 32.2. The van der Waals surface area contributed by atoms with Gasteiger partial charge in [-0.3, -0.25) is 0 Å². The van der Waals surface area contributed by atoms with Gasteiger partial charge >= 0.3 is 0 Å². The first kappa shape index (κ1) is 7.42. The molecular formula is C7H14OS. The van der Waals surface area contributed by atoms with Gasteiger partial charge < -0.3 is 4.74 Å². The van der Waals surface area contributed by atoms with Crippen molar-refractivity contribution in [2.75, 3.05) is 12.0 Å². The summed E-state index contributed by atoms with van der Waals surface area (Å²) in [6.45, 7) is 2.21.